The normalized spacial score (nSPS) is 31.5. The summed E-state index contributed by atoms with van der Waals surface area (Å²) in [6.45, 7) is 13.0. The predicted molar refractivity (Wildman–Crippen MR) is 197 cm³/mol. The zero-order valence-corrected chi connectivity index (χ0v) is 31.7. The van der Waals surface area contributed by atoms with E-state index in [0.717, 1.165) is 33.2 Å². The number of para-hydroxylation sites is 1. The molecule has 2 aromatic rings. The quantitative estimate of drug-likeness (QED) is 0.0728. The number of nitrogens with zero attached hydrogens (tertiary/aromatic N) is 3. The van der Waals surface area contributed by atoms with Crippen LogP contribution in [-0.4, -0.2) is 83.9 Å². The van der Waals surface area contributed by atoms with Gasteiger partial charge in [0.2, 0.25) is 5.91 Å². The fraction of sp³-hybridized carbons (Fsp3) is 0.575. The number of thiophene rings is 1. The number of hydrogen-bond donors (Lipinski definition) is 0. The van der Waals surface area contributed by atoms with Gasteiger partial charge in [0.25, 0.3) is 0 Å². The Morgan fingerprint density at radius 3 is 2.59 bits per heavy atom. The summed E-state index contributed by atoms with van der Waals surface area (Å²) in [5.74, 6) is 6.06. The van der Waals surface area contributed by atoms with Crippen molar-refractivity contribution in [1.29, 1.82) is 0 Å². The lowest BCUT2D eigenvalue weighted by molar-refractivity contribution is -0.604. The van der Waals surface area contributed by atoms with Crippen LogP contribution in [0.1, 0.15) is 89.8 Å². The van der Waals surface area contributed by atoms with Crippen molar-refractivity contribution in [2.75, 3.05) is 20.3 Å². The maximum Gasteiger partial charge on any atom is 0.416 e. The maximum absolute atomic E-state index is 13.7. The van der Waals surface area contributed by atoms with Crippen LogP contribution in [0, 0.1) is 35.0 Å². The molecule has 2 amide bonds. The van der Waals surface area contributed by atoms with Crippen LogP contribution in [0.5, 0.6) is 5.75 Å². The van der Waals surface area contributed by atoms with Crippen molar-refractivity contribution in [3.63, 3.8) is 0 Å². The van der Waals surface area contributed by atoms with Crippen LogP contribution in [0.2, 0.25) is 0 Å². The van der Waals surface area contributed by atoms with Crippen LogP contribution in [0.25, 0.3) is 0 Å². The van der Waals surface area contributed by atoms with Gasteiger partial charge in [-0.25, -0.2) is 9.37 Å². The first-order valence-electron chi connectivity index (χ1n) is 18.1. The number of oxime groups is 1. The maximum atomic E-state index is 13.7. The molecule has 0 N–H and O–H groups in total. The molecule has 0 saturated carbocycles. The van der Waals surface area contributed by atoms with E-state index in [9.17, 15) is 14.4 Å². The molecule has 2 bridgehead atoms. The third-order valence-corrected chi connectivity index (χ3v) is 11.6. The third-order valence-electron chi connectivity index (χ3n) is 10.7. The first kappa shape index (κ1) is 38.1. The van der Waals surface area contributed by atoms with Gasteiger partial charge < -0.3 is 19.0 Å². The van der Waals surface area contributed by atoms with Gasteiger partial charge in [-0.15, -0.1) is 11.3 Å². The molecule has 0 radical (unpaired) electrons. The van der Waals surface area contributed by atoms with Gasteiger partial charge in [-0.1, -0.05) is 56.0 Å². The minimum Gasteiger partial charge on any atom is -0.490 e. The lowest BCUT2D eigenvalue weighted by atomic mass is 9.72. The van der Waals surface area contributed by atoms with Gasteiger partial charge in [-0.2, -0.15) is 0 Å². The molecule has 3 aliphatic rings. The molecule has 10 nitrogen and oxygen atoms in total. The smallest absolute Gasteiger partial charge is 0.416 e. The van der Waals surface area contributed by atoms with Crippen LogP contribution in [0.3, 0.4) is 0 Å². The second-order valence-electron chi connectivity index (χ2n) is 14.7. The molecule has 0 aliphatic carbocycles. The highest BCUT2D eigenvalue weighted by Crippen LogP contribution is 2.48. The van der Waals surface area contributed by atoms with E-state index < -0.39 is 23.7 Å². The standard InChI is InChI=1S/C40H52N3O7S/c1-8-34-40(6)35-29(4)43(21-13-17-33(35)37(45)50-40)28(3)25-39(5,24-27(2)36(44)42(7)38(46)49-34)20-12-16-31-18-19-32(51-31)26-41-48-23-22-47-30-14-10-9-11-15-30/h9-11,14-15,18-19,21,26-29,33-35H,8,13,17,20,22-25H2,1-7H3/q+1/t27-,28-,29-,33?,34-,35+,39+,40-/m1/s1. The van der Waals surface area contributed by atoms with E-state index in [1.807, 2.05) is 63.2 Å². The number of esters is 1. The van der Waals surface area contributed by atoms with Gasteiger partial charge in [0.05, 0.1) is 22.9 Å². The van der Waals surface area contributed by atoms with Crippen molar-refractivity contribution in [3.05, 3.63) is 52.2 Å². The number of cyclic esters (lactones) is 1. The van der Waals surface area contributed by atoms with Gasteiger partial charge in [-0.3, -0.25) is 14.5 Å². The molecule has 0 spiro atoms. The van der Waals surface area contributed by atoms with Crippen LogP contribution in [-0.2, 0) is 23.9 Å². The summed E-state index contributed by atoms with van der Waals surface area (Å²) in [4.78, 5) is 48.7. The van der Waals surface area contributed by atoms with Crippen LogP contribution in [0.15, 0.2) is 47.6 Å². The third kappa shape index (κ3) is 8.83. The molecule has 11 heteroatoms. The van der Waals surface area contributed by atoms with Crippen LogP contribution in [0.4, 0.5) is 4.79 Å². The molecular weight excluding hydrogens is 667 g/mol. The summed E-state index contributed by atoms with van der Waals surface area (Å²) >= 11 is 1.53. The Balaban J connectivity index is 1.32. The van der Waals surface area contributed by atoms with Crippen molar-refractivity contribution >= 4 is 41.7 Å². The molecule has 274 valence electrons. The highest BCUT2D eigenvalue weighted by molar-refractivity contribution is 7.14. The molecule has 1 unspecified atom stereocenters. The van der Waals surface area contributed by atoms with E-state index in [1.165, 1.54) is 18.4 Å². The summed E-state index contributed by atoms with van der Waals surface area (Å²) in [6.07, 6.45) is 6.25. The van der Waals surface area contributed by atoms with Gasteiger partial charge in [0.1, 0.15) is 30.7 Å². The Morgan fingerprint density at radius 1 is 1.08 bits per heavy atom. The average molecular weight is 719 g/mol. The molecule has 2 fully saturated rings. The average Bonchev–Trinajstić information content (AvgIpc) is 3.59. The predicted octanol–water partition coefficient (Wildman–Crippen LogP) is 6.93. The van der Waals surface area contributed by atoms with Crippen molar-refractivity contribution in [2.24, 2.45) is 28.3 Å². The van der Waals surface area contributed by atoms with Crippen molar-refractivity contribution in [2.45, 2.75) is 104 Å². The van der Waals surface area contributed by atoms with E-state index in [2.05, 4.69) is 48.6 Å². The van der Waals surface area contributed by atoms with E-state index in [4.69, 9.17) is 19.0 Å². The van der Waals surface area contributed by atoms with Crippen molar-refractivity contribution < 1.29 is 38.0 Å². The number of benzene rings is 1. The Kier molecular flexibility index (Phi) is 12.3. The molecule has 8 atom stereocenters. The molecule has 2 saturated heterocycles. The Morgan fingerprint density at radius 2 is 1.84 bits per heavy atom. The largest absolute Gasteiger partial charge is 0.490 e. The second kappa shape index (κ2) is 16.4. The molecule has 1 aromatic carbocycles. The van der Waals surface area contributed by atoms with E-state index in [0.29, 0.717) is 38.9 Å². The van der Waals surface area contributed by atoms with Gasteiger partial charge in [0, 0.05) is 37.1 Å². The van der Waals surface area contributed by atoms with Gasteiger partial charge in [-0.05, 0) is 69.7 Å². The summed E-state index contributed by atoms with van der Waals surface area (Å²) < 4.78 is 20.1. The second-order valence-corrected chi connectivity index (χ2v) is 15.9. The fourth-order valence-corrected chi connectivity index (χ4v) is 9.17. The Labute approximate surface area is 306 Å². The Bertz CT molecular complexity index is 1680. The van der Waals surface area contributed by atoms with Gasteiger partial charge >= 0.3 is 12.1 Å². The summed E-state index contributed by atoms with van der Waals surface area (Å²) in [5, 5.41) is 4.07. The number of carbonyl (C=O) groups excluding carboxylic acids is 3. The van der Waals surface area contributed by atoms with E-state index in [1.54, 1.807) is 6.21 Å². The Hall–Kier alpha value is -4.17. The molecule has 51 heavy (non-hydrogen) atoms. The monoisotopic (exact) mass is 718 g/mol. The molecule has 4 heterocycles. The van der Waals surface area contributed by atoms with Gasteiger partial charge in [0.15, 0.2) is 18.2 Å². The van der Waals surface area contributed by atoms with Crippen LogP contribution >= 0.6 is 11.3 Å². The number of fused-ring (bicyclic) bond motifs is 1. The van der Waals surface area contributed by atoms with Crippen molar-refractivity contribution in [1.82, 2.24) is 4.90 Å². The SMILES string of the molecule is CC[C@H]1OC(=O)N(C)C(=O)[C@H](C)C[C@](C)(CC#Cc2ccc(C=NOCCOc3ccccc3)s2)C[C@@H](C)[N+]2=CCCC3C(=O)O[C@@]1(C)[C@H]3[C@H]2C. The zero-order valence-electron chi connectivity index (χ0n) is 30.9. The van der Waals surface area contributed by atoms with Crippen molar-refractivity contribution in [3.8, 4) is 17.6 Å². The number of hydrogen-bond acceptors (Lipinski definition) is 9. The van der Waals surface area contributed by atoms with E-state index in [-0.39, 0.29) is 41.2 Å². The highest BCUT2D eigenvalue weighted by atomic mass is 32.1. The zero-order chi connectivity index (χ0) is 36.8. The summed E-state index contributed by atoms with van der Waals surface area (Å²) in [7, 11) is 1.47. The number of amides is 2. The highest BCUT2D eigenvalue weighted by Gasteiger charge is 2.62. The minimum absolute atomic E-state index is 0.0432. The fourth-order valence-electron chi connectivity index (χ4n) is 8.42. The molecule has 5 rings (SSSR count). The van der Waals surface area contributed by atoms with E-state index >= 15 is 0 Å². The topological polar surface area (TPSA) is 107 Å². The minimum atomic E-state index is -1.02. The first-order valence-corrected chi connectivity index (χ1v) is 18.9. The number of ether oxygens (including phenoxy) is 3. The molecule has 1 aromatic heterocycles. The molecule has 3 aliphatic heterocycles. The lowest BCUT2D eigenvalue weighted by Crippen LogP contribution is -2.55. The number of rotatable bonds is 8. The number of carbonyl (C=O) groups is 3. The lowest BCUT2D eigenvalue weighted by Gasteiger charge is -2.40. The number of imide groups is 1. The van der Waals surface area contributed by atoms with Crippen LogP contribution < -0.4 is 4.74 Å². The molecular formula is C40H52N3O7S+. The summed E-state index contributed by atoms with van der Waals surface area (Å²) in [5.41, 5.74) is -1.38. The first-order chi connectivity index (χ1) is 24.3. The summed E-state index contributed by atoms with van der Waals surface area (Å²) in [6, 6.07) is 13.6.